The maximum atomic E-state index is 13.4. The van der Waals surface area contributed by atoms with Gasteiger partial charge in [0.1, 0.15) is 11.6 Å². The molecule has 1 heterocycles. The summed E-state index contributed by atoms with van der Waals surface area (Å²) in [6, 6.07) is 12.8. The second-order valence-corrected chi connectivity index (χ2v) is 11.1. The van der Waals surface area contributed by atoms with Crippen LogP contribution in [0.5, 0.6) is 5.75 Å². The van der Waals surface area contributed by atoms with Crippen LogP contribution in [-0.4, -0.2) is 25.1 Å². The number of nitrogens with zero attached hydrogens (tertiary/aromatic N) is 2. The van der Waals surface area contributed by atoms with Gasteiger partial charge in [0.25, 0.3) is 0 Å². The highest BCUT2D eigenvalue weighted by Gasteiger charge is 2.28. The van der Waals surface area contributed by atoms with Gasteiger partial charge < -0.3 is 9.30 Å². The van der Waals surface area contributed by atoms with Crippen molar-refractivity contribution in [2.75, 3.05) is 7.11 Å². The van der Waals surface area contributed by atoms with E-state index in [0.717, 1.165) is 14.7 Å². The van der Waals surface area contributed by atoms with E-state index in [1.807, 2.05) is 30.3 Å². The maximum Gasteiger partial charge on any atom is 0.223 e. The summed E-state index contributed by atoms with van der Waals surface area (Å²) in [5.74, 6) is 1.21. The molecule has 1 aromatic heterocycles. The van der Waals surface area contributed by atoms with Crippen LogP contribution in [0.1, 0.15) is 32.0 Å². The molecule has 3 aromatic rings. The van der Waals surface area contributed by atoms with Crippen LogP contribution in [0.15, 0.2) is 52.4 Å². The van der Waals surface area contributed by atoms with Crippen molar-refractivity contribution in [3.8, 4) is 17.1 Å². The minimum atomic E-state index is -3.72. The van der Waals surface area contributed by atoms with Crippen LogP contribution in [0.2, 0.25) is 0 Å². The molecular weight excluding hydrogens is 499 g/mol. The smallest absolute Gasteiger partial charge is 0.223 e. The molecule has 0 amide bonds. The average Bonchev–Trinajstić information content (AvgIpc) is 2.95. The second-order valence-electron chi connectivity index (χ2n) is 8.01. The first-order valence-electron chi connectivity index (χ1n) is 9.19. The lowest BCUT2D eigenvalue weighted by Gasteiger charge is -2.19. The number of rotatable bonds is 4. The number of hydrogen-bond acceptors (Lipinski definition) is 4. The van der Waals surface area contributed by atoms with Crippen molar-refractivity contribution in [1.82, 2.24) is 9.55 Å². The lowest BCUT2D eigenvalue weighted by molar-refractivity contribution is 0.416. The fourth-order valence-corrected chi connectivity index (χ4v) is 5.43. The van der Waals surface area contributed by atoms with Gasteiger partial charge in [0.05, 0.1) is 23.3 Å². The zero-order valence-electron chi connectivity index (χ0n) is 17.4. The molecule has 0 aliphatic carbocycles. The Bertz CT molecular complexity index is 1160. The van der Waals surface area contributed by atoms with E-state index >= 15 is 0 Å². The monoisotopic (exact) mass is 524 g/mol. The summed E-state index contributed by atoms with van der Waals surface area (Å²) in [7, 11) is -0.401. The van der Waals surface area contributed by atoms with Crippen LogP contribution in [0.4, 0.5) is 0 Å². The predicted octanol–water partition coefficient (Wildman–Crippen LogP) is 5.14. The Labute approximate surface area is 186 Å². The topological polar surface area (TPSA) is 61.2 Å². The van der Waals surface area contributed by atoms with Crippen molar-refractivity contribution in [1.29, 1.82) is 0 Å². The molecule has 2 aromatic carbocycles. The van der Waals surface area contributed by atoms with Gasteiger partial charge in [0.2, 0.25) is 9.84 Å². The quantitative estimate of drug-likeness (QED) is 0.444. The predicted molar refractivity (Wildman–Crippen MR) is 123 cm³/mol. The minimum Gasteiger partial charge on any atom is -0.496 e. The van der Waals surface area contributed by atoms with Crippen molar-refractivity contribution in [2.24, 2.45) is 7.05 Å². The lowest BCUT2D eigenvalue weighted by Crippen LogP contribution is -2.13. The molecule has 0 saturated heterocycles. The zero-order chi connectivity index (χ0) is 21.6. The van der Waals surface area contributed by atoms with E-state index in [2.05, 4.69) is 48.3 Å². The van der Waals surface area contributed by atoms with Gasteiger partial charge in [-0.1, -0.05) is 32.9 Å². The summed E-state index contributed by atoms with van der Waals surface area (Å²) in [5.41, 5.74) is 2.26. The van der Waals surface area contributed by atoms with Crippen molar-refractivity contribution in [3.63, 3.8) is 0 Å². The normalized spacial score (nSPS) is 12.2. The molecule has 0 bridgehead atoms. The summed E-state index contributed by atoms with van der Waals surface area (Å²) in [6.45, 7) is 8.02. The van der Waals surface area contributed by atoms with Gasteiger partial charge in [-0.05, 0) is 70.8 Å². The maximum absolute atomic E-state index is 13.4. The lowest BCUT2D eigenvalue weighted by atomic mass is 9.87. The largest absolute Gasteiger partial charge is 0.496 e. The first-order chi connectivity index (χ1) is 13.5. The number of hydrogen-bond donors (Lipinski definition) is 0. The van der Waals surface area contributed by atoms with Crippen LogP contribution in [0.25, 0.3) is 11.4 Å². The molecule has 0 radical (unpaired) electrons. The molecule has 29 heavy (non-hydrogen) atoms. The highest BCUT2D eigenvalue weighted by molar-refractivity contribution is 14.1. The Hall–Kier alpha value is -1.87. The molecule has 0 aliphatic heterocycles. The van der Waals surface area contributed by atoms with Crippen molar-refractivity contribution < 1.29 is 13.2 Å². The molecule has 7 heteroatoms. The fourth-order valence-electron chi connectivity index (χ4n) is 3.34. The van der Waals surface area contributed by atoms with E-state index in [9.17, 15) is 8.42 Å². The number of benzene rings is 2. The third kappa shape index (κ3) is 4.07. The third-order valence-corrected chi connectivity index (χ3v) is 7.54. The standard InChI is InChI=1S/C22H25IN2O3S/c1-14-21(29(26,27)17-10-7-15(8-11-17)22(2,3)4)25(5)20(24-14)18-13-16(23)9-12-19(18)28-6/h7-13H,1-6H3. The summed E-state index contributed by atoms with van der Waals surface area (Å²) in [4.78, 5) is 4.84. The van der Waals surface area contributed by atoms with E-state index in [1.165, 1.54) is 0 Å². The van der Waals surface area contributed by atoms with E-state index < -0.39 is 9.84 Å². The van der Waals surface area contributed by atoms with Gasteiger partial charge in [0, 0.05) is 10.6 Å². The van der Waals surface area contributed by atoms with Gasteiger partial charge in [0.15, 0.2) is 5.03 Å². The Kier molecular flexibility index (Phi) is 5.84. The highest BCUT2D eigenvalue weighted by Crippen LogP contribution is 2.34. The second kappa shape index (κ2) is 7.75. The molecule has 0 spiro atoms. The van der Waals surface area contributed by atoms with Crippen molar-refractivity contribution in [2.45, 2.75) is 43.0 Å². The van der Waals surface area contributed by atoms with Gasteiger partial charge in [-0.15, -0.1) is 0 Å². The Morgan fingerprint density at radius 3 is 2.24 bits per heavy atom. The molecule has 0 saturated carbocycles. The third-order valence-electron chi connectivity index (χ3n) is 4.89. The van der Waals surface area contributed by atoms with E-state index in [-0.39, 0.29) is 15.3 Å². The van der Waals surface area contributed by atoms with E-state index in [0.29, 0.717) is 17.3 Å². The number of sulfone groups is 1. The highest BCUT2D eigenvalue weighted by atomic mass is 127. The summed E-state index contributed by atoms with van der Waals surface area (Å²) >= 11 is 2.22. The first kappa shape index (κ1) is 21.8. The molecule has 154 valence electrons. The van der Waals surface area contributed by atoms with E-state index in [1.54, 1.807) is 37.8 Å². The minimum absolute atomic E-state index is 0.0427. The molecule has 0 aliphatic rings. The van der Waals surface area contributed by atoms with Crippen molar-refractivity contribution >= 4 is 32.4 Å². The van der Waals surface area contributed by atoms with Gasteiger partial charge in [-0.25, -0.2) is 13.4 Å². The van der Waals surface area contributed by atoms with Gasteiger partial charge >= 0.3 is 0 Å². The molecule has 0 N–H and O–H groups in total. The molecule has 0 unspecified atom stereocenters. The summed E-state index contributed by atoms with van der Waals surface area (Å²) in [5, 5.41) is 0.192. The summed E-state index contributed by atoms with van der Waals surface area (Å²) in [6.07, 6.45) is 0. The molecule has 0 fully saturated rings. The van der Waals surface area contributed by atoms with Crippen LogP contribution in [0.3, 0.4) is 0 Å². The SMILES string of the molecule is COc1ccc(I)cc1-c1nc(C)c(S(=O)(=O)c2ccc(C(C)(C)C)cc2)n1C. The number of halogens is 1. The molecule has 0 atom stereocenters. The van der Waals surface area contributed by atoms with Crippen LogP contribution in [0, 0.1) is 10.5 Å². The van der Waals surface area contributed by atoms with Gasteiger partial charge in [-0.2, -0.15) is 0 Å². The fraction of sp³-hybridized carbons (Fsp3) is 0.318. The number of aryl methyl sites for hydroxylation is 1. The van der Waals surface area contributed by atoms with E-state index in [4.69, 9.17) is 4.74 Å². The average molecular weight is 524 g/mol. The first-order valence-corrected chi connectivity index (χ1v) is 11.8. The molecule has 5 nitrogen and oxygen atoms in total. The van der Waals surface area contributed by atoms with Crippen molar-refractivity contribution in [3.05, 3.63) is 57.3 Å². The summed E-state index contributed by atoms with van der Waals surface area (Å²) < 4.78 is 34.9. The van der Waals surface area contributed by atoms with Crippen LogP contribution >= 0.6 is 22.6 Å². The van der Waals surface area contributed by atoms with Gasteiger partial charge in [-0.3, -0.25) is 0 Å². The zero-order valence-corrected chi connectivity index (χ0v) is 20.4. The Morgan fingerprint density at radius 1 is 1.07 bits per heavy atom. The number of methoxy groups -OCH3 is 1. The van der Waals surface area contributed by atoms with Crippen LogP contribution in [-0.2, 0) is 22.3 Å². The van der Waals surface area contributed by atoms with Crippen LogP contribution < -0.4 is 4.74 Å². The number of ether oxygens (including phenoxy) is 1. The number of imidazole rings is 1. The Morgan fingerprint density at radius 2 is 1.69 bits per heavy atom. The Balaban J connectivity index is 2.14. The molecular formula is C22H25IN2O3S. The molecule has 3 rings (SSSR count). The number of aromatic nitrogens is 2.